The zero-order valence-electron chi connectivity index (χ0n) is 16.5. The molecule has 3 rings (SSSR count). The molecule has 3 aromatic rings. The molecule has 0 saturated carbocycles. The number of halogens is 1. The molecule has 1 aromatic heterocycles. The molecular formula is C22H21ClN2O4S. The summed E-state index contributed by atoms with van der Waals surface area (Å²) in [6.45, 7) is -0.143. The number of thiophene rings is 1. The van der Waals surface area contributed by atoms with Crippen LogP contribution in [0.5, 0.6) is 11.5 Å². The fourth-order valence-electron chi connectivity index (χ4n) is 2.79. The summed E-state index contributed by atoms with van der Waals surface area (Å²) in [5, 5.41) is 8.15. The van der Waals surface area contributed by atoms with Crippen LogP contribution >= 0.6 is 22.9 Å². The van der Waals surface area contributed by atoms with Crippen LogP contribution in [0, 0.1) is 0 Å². The van der Waals surface area contributed by atoms with Crippen molar-refractivity contribution in [1.82, 2.24) is 10.6 Å². The lowest BCUT2D eigenvalue weighted by atomic mass is 10.0. The Hall–Kier alpha value is -3.03. The van der Waals surface area contributed by atoms with Crippen molar-refractivity contribution in [1.29, 1.82) is 0 Å². The van der Waals surface area contributed by atoms with Crippen LogP contribution in [0.2, 0.25) is 5.02 Å². The van der Waals surface area contributed by atoms with Crippen LogP contribution in [-0.2, 0) is 4.79 Å². The smallest absolute Gasteiger partial charge is 0.257 e. The van der Waals surface area contributed by atoms with E-state index in [1.807, 2.05) is 29.6 Å². The van der Waals surface area contributed by atoms with E-state index in [1.165, 1.54) is 14.2 Å². The maximum atomic E-state index is 13.0. The summed E-state index contributed by atoms with van der Waals surface area (Å²) < 4.78 is 10.8. The van der Waals surface area contributed by atoms with Crippen molar-refractivity contribution in [2.45, 2.75) is 6.04 Å². The number of rotatable bonds is 8. The van der Waals surface area contributed by atoms with Crippen molar-refractivity contribution in [3.63, 3.8) is 0 Å². The van der Waals surface area contributed by atoms with Crippen LogP contribution in [0.25, 0.3) is 0 Å². The molecular weight excluding hydrogens is 424 g/mol. The highest BCUT2D eigenvalue weighted by Gasteiger charge is 2.20. The summed E-state index contributed by atoms with van der Waals surface area (Å²) in [4.78, 5) is 25.4. The second-order valence-corrected chi connectivity index (χ2v) is 7.72. The number of hydrogen-bond donors (Lipinski definition) is 2. The Morgan fingerprint density at radius 1 is 1.10 bits per heavy atom. The first-order valence-corrected chi connectivity index (χ1v) is 10.4. The molecule has 0 radical (unpaired) electrons. The van der Waals surface area contributed by atoms with Crippen molar-refractivity contribution < 1.29 is 19.1 Å². The van der Waals surface area contributed by atoms with Gasteiger partial charge < -0.3 is 20.1 Å². The Bertz CT molecular complexity index is 1010. The number of amides is 2. The number of ether oxygens (including phenoxy) is 2. The third kappa shape index (κ3) is 5.31. The number of likely N-dealkylation sites (N-methyl/N-ethyl adjacent to an activating group) is 1. The van der Waals surface area contributed by atoms with Crippen molar-refractivity contribution in [2.75, 3.05) is 20.8 Å². The Labute approximate surface area is 183 Å². The highest BCUT2D eigenvalue weighted by atomic mass is 35.5. The molecule has 2 N–H and O–H groups in total. The van der Waals surface area contributed by atoms with Crippen LogP contribution in [-0.4, -0.2) is 32.6 Å². The summed E-state index contributed by atoms with van der Waals surface area (Å²) in [5.41, 5.74) is 1.34. The minimum Gasteiger partial charge on any atom is -0.493 e. The Morgan fingerprint density at radius 3 is 2.50 bits per heavy atom. The van der Waals surface area contributed by atoms with E-state index in [1.54, 1.807) is 41.7 Å². The number of nitrogens with one attached hydrogen (secondary N) is 2. The quantitative estimate of drug-likeness (QED) is 0.549. The molecule has 156 valence electrons. The second-order valence-electron chi connectivity index (χ2n) is 6.30. The van der Waals surface area contributed by atoms with Crippen LogP contribution in [0.3, 0.4) is 0 Å². The van der Waals surface area contributed by atoms with E-state index in [2.05, 4.69) is 10.6 Å². The van der Waals surface area contributed by atoms with Gasteiger partial charge in [0.25, 0.3) is 11.8 Å². The lowest BCUT2D eigenvalue weighted by Crippen LogP contribution is -2.29. The molecule has 2 amide bonds. The van der Waals surface area contributed by atoms with Gasteiger partial charge in [-0.1, -0.05) is 29.8 Å². The molecule has 0 fully saturated rings. The summed E-state index contributed by atoms with van der Waals surface area (Å²) in [6.07, 6.45) is 0. The standard InChI is InChI=1S/C22H21ClN2O4S/c1-24-20(26)13-29-17-10-7-15(12-18(17)28-2)22(27)25-21(19-4-3-11-30-19)14-5-8-16(23)9-6-14/h3-12,21H,13H2,1-2H3,(H,24,26)(H,25,27). The molecule has 1 atom stereocenters. The number of methoxy groups -OCH3 is 1. The first kappa shape index (κ1) is 21.7. The van der Waals surface area contributed by atoms with Gasteiger partial charge in [-0.05, 0) is 47.3 Å². The van der Waals surface area contributed by atoms with E-state index >= 15 is 0 Å². The molecule has 0 bridgehead atoms. The molecule has 0 saturated heterocycles. The van der Waals surface area contributed by atoms with Gasteiger partial charge >= 0.3 is 0 Å². The molecule has 8 heteroatoms. The maximum Gasteiger partial charge on any atom is 0.257 e. The van der Waals surface area contributed by atoms with Gasteiger partial charge in [0.15, 0.2) is 18.1 Å². The van der Waals surface area contributed by atoms with E-state index < -0.39 is 0 Å². The van der Waals surface area contributed by atoms with Gasteiger partial charge in [0.2, 0.25) is 0 Å². The van der Waals surface area contributed by atoms with Gasteiger partial charge in [-0.25, -0.2) is 0 Å². The average Bonchev–Trinajstić information content (AvgIpc) is 3.30. The van der Waals surface area contributed by atoms with Gasteiger partial charge in [0, 0.05) is 22.5 Å². The molecule has 0 aliphatic carbocycles. The predicted molar refractivity (Wildman–Crippen MR) is 118 cm³/mol. The minimum atomic E-state index is -0.315. The molecule has 1 heterocycles. The molecule has 0 aliphatic heterocycles. The van der Waals surface area contributed by atoms with E-state index in [0.717, 1.165) is 10.4 Å². The summed E-state index contributed by atoms with van der Waals surface area (Å²) in [7, 11) is 3.01. The third-order valence-electron chi connectivity index (χ3n) is 4.37. The van der Waals surface area contributed by atoms with Gasteiger partial charge in [-0.15, -0.1) is 11.3 Å². The lowest BCUT2D eigenvalue weighted by Gasteiger charge is -2.19. The summed E-state index contributed by atoms with van der Waals surface area (Å²) in [5.74, 6) is 0.219. The van der Waals surface area contributed by atoms with E-state index in [-0.39, 0.29) is 24.5 Å². The highest BCUT2D eigenvalue weighted by molar-refractivity contribution is 7.10. The molecule has 0 spiro atoms. The monoisotopic (exact) mass is 444 g/mol. The zero-order valence-corrected chi connectivity index (χ0v) is 18.0. The summed E-state index contributed by atoms with van der Waals surface area (Å²) >= 11 is 7.57. The van der Waals surface area contributed by atoms with Crippen LogP contribution in [0.4, 0.5) is 0 Å². The fourth-order valence-corrected chi connectivity index (χ4v) is 3.72. The Kier molecular flexibility index (Phi) is 7.32. The second kappa shape index (κ2) is 10.1. The van der Waals surface area contributed by atoms with Gasteiger partial charge in [0.05, 0.1) is 13.2 Å². The number of hydrogen-bond acceptors (Lipinski definition) is 5. The molecule has 0 aliphatic rings. The van der Waals surface area contributed by atoms with E-state index in [4.69, 9.17) is 21.1 Å². The zero-order chi connectivity index (χ0) is 21.5. The van der Waals surface area contributed by atoms with Gasteiger partial charge in [-0.2, -0.15) is 0 Å². The van der Waals surface area contributed by atoms with Crippen LogP contribution < -0.4 is 20.1 Å². The normalized spacial score (nSPS) is 11.4. The third-order valence-corrected chi connectivity index (χ3v) is 5.56. The SMILES string of the molecule is CNC(=O)COc1ccc(C(=O)NC(c2ccc(Cl)cc2)c2cccs2)cc1OC. The molecule has 6 nitrogen and oxygen atoms in total. The van der Waals surface area contributed by atoms with Crippen molar-refractivity contribution in [2.24, 2.45) is 0 Å². The first-order valence-electron chi connectivity index (χ1n) is 9.13. The summed E-state index contributed by atoms with van der Waals surface area (Å²) in [6, 6.07) is 15.8. The molecule has 2 aromatic carbocycles. The van der Waals surface area contributed by atoms with Gasteiger partial charge in [-0.3, -0.25) is 9.59 Å². The minimum absolute atomic E-state index is 0.143. The molecule has 1 unspecified atom stereocenters. The Balaban J connectivity index is 1.81. The van der Waals surface area contributed by atoms with Crippen molar-refractivity contribution in [3.8, 4) is 11.5 Å². The predicted octanol–water partition coefficient (Wildman–Crippen LogP) is 4.05. The molecule has 30 heavy (non-hydrogen) atoms. The topological polar surface area (TPSA) is 76.7 Å². The largest absolute Gasteiger partial charge is 0.493 e. The van der Waals surface area contributed by atoms with Crippen LogP contribution in [0.15, 0.2) is 60.0 Å². The van der Waals surface area contributed by atoms with Gasteiger partial charge in [0.1, 0.15) is 0 Å². The highest BCUT2D eigenvalue weighted by Crippen LogP contribution is 2.30. The Morgan fingerprint density at radius 2 is 1.87 bits per heavy atom. The number of carbonyl (C=O) groups excluding carboxylic acids is 2. The number of carbonyl (C=O) groups is 2. The average molecular weight is 445 g/mol. The first-order chi connectivity index (χ1) is 14.5. The van der Waals surface area contributed by atoms with Crippen LogP contribution in [0.1, 0.15) is 26.8 Å². The van der Waals surface area contributed by atoms with Crippen molar-refractivity contribution >= 4 is 34.8 Å². The van der Waals surface area contributed by atoms with Crippen molar-refractivity contribution in [3.05, 3.63) is 81.0 Å². The fraction of sp³-hybridized carbons (Fsp3) is 0.182. The lowest BCUT2D eigenvalue weighted by molar-refractivity contribution is -0.122. The van der Waals surface area contributed by atoms with E-state index in [9.17, 15) is 9.59 Å². The number of benzene rings is 2. The maximum absolute atomic E-state index is 13.0. The van der Waals surface area contributed by atoms with E-state index in [0.29, 0.717) is 22.1 Å².